The number of unbranched alkanes of at least 4 members (excludes halogenated alkanes) is 26. The first kappa shape index (κ1) is 60.2. The van der Waals surface area contributed by atoms with Gasteiger partial charge in [0, 0.05) is 12.8 Å². The number of nitrogens with one attached hydrogen (secondary N) is 1. The molecular formula is C52H99N2O7P. The predicted octanol–water partition coefficient (Wildman–Crippen LogP) is 14.2. The van der Waals surface area contributed by atoms with Crippen LogP contribution in [0.3, 0.4) is 0 Å². The average molecular weight is 895 g/mol. The predicted molar refractivity (Wildman–Crippen MR) is 261 cm³/mol. The van der Waals surface area contributed by atoms with E-state index in [0.29, 0.717) is 23.9 Å². The van der Waals surface area contributed by atoms with Crippen molar-refractivity contribution in [1.29, 1.82) is 0 Å². The molecule has 0 aromatic rings. The number of ether oxygens (including phenoxy) is 1. The molecule has 0 saturated heterocycles. The van der Waals surface area contributed by atoms with Crippen LogP contribution in [0.1, 0.15) is 233 Å². The highest BCUT2D eigenvalue weighted by molar-refractivity contribution is 7.45. The van der Waals surface area contributed by atoms with Gasteiger partial charge in [-0.2, -0.15) is 0 Å². The Balaban J connectivity index is 5.45. The fourth-order valence-corrected chi connectivity index (χ4v) is 7.92. The molecule has 0 bridgehead atoms. The Morgan fingerprint density at radius 2 is 0.952 bits per heavy atom. The van der Waals surface area contributed by atoms with Crippen molar-refractivity contribution in [2.75, 3.05) is 40.9 Å². The summed E-state index contributed by atoms with van der Waals surface area (Å²) in [4.78, 5) is 39.6. The number of nitrogens with zero attached hydrogens (tertiary/aromatic N) is 1. The van der Waals surface area contributed by atoms with E-state index >= 15 is 0 Å². The standard InChI is InChI=1S/C52H99N2O7P/c1-7-10-13-16-19-22-25-26-27-30-32-35-38-41-44-51(55)53-49(48-60-62(57,58)59-47-46-54(4,5)6)50(43-40-37-34-31-28-23-20-17-14-11-8-2)61-52(56)45-42-39-36-33-29-24-21-18-15-12-9-3/h18,21,27,30,40,43,49-50H,7-17,19-20,22-26,28-29,31-39,41-42,44-48H2,1-6H3,(H-,53,55,57,58)/b21-18-,30-27-,43-40+. The zero-order chi connectivity index (χ0) is 45.8. The molecular weight excluding hydrogens is 796 g/mol. The lowest BCUT2D eigenvalue weighted by Gasteiger charge is -2.30. The number of likely N-dealkylation sites (N-methyl/N-ethyl adjacent to an activating group) is 1. The summed E-state index contributed by atoms with van der Waals surface area (Å²) in [5, 5.41) is 2.99. The van der Waals surface area contributed by atoms with E-state index < -0.39 is 26.6 Å². The number of quaternary nitrogens is 1. The minimum absolute atomic E-state index is 0.0255. The van der Waals surface area contributed by atoms with Crippen molar-refractivity contribution in [1.82, 2.24) is 5.32 Å². The number of carbonyl (C=O) groups excluding carboxylic acids is 2. The van der Waals surface area contributed by atoms with Gasteiger partial charge in [0.15, 0.2) is 0 Å². The van der Waals surface area contributed by atoms with Crippen LogP contribution in [0.5, 0.6) is 0 Å². The van der Waals surface area contributed by atoms with Crippen LogP contribution in [0.25, 0.3) is 0 Å². The second kappa shape index (κ2) is 43.1. The number of phosphoric acid groups is 1. The van der Waals surface area contributed by atoms with Crippen LogP contribution in [0.2, 0.25) is 0 Å². The zero-order valence-electron chi connectivity index (χ0n) is 41.3. The number of esters is 1. The lowest BCUT2D eigenvalue weighted by Crippen LogP contribution is -2.47. The molecule has 0 fully saturated rings. The SMILES string of the molecule is CCCC/C=C\CCCCCCCC(=O)OC(/C=C/CCCCCCCCCCC)C(COP(=O)([O-])OCC[N+](C)(C)C)NC(=O)CCCCC/C=C\CCCCCCCCC. The van der Waals surface area contributed by atoms with Crippen molar-refractivity contribution in [3.8, 4) is 0 Å². The van der Waals surface area contributed by atoms with Gasteiger partial charge in [0.05, 0.1) is 33.8 Å². The number of carbonyl (C=O) groups is 2. The van der Waals surface area contributed by atoms with Gasteiger partial charge in [0.1, 0.15) is 19.3 Å². The van der Waals surface area contributed by atoms with E-state index in [0.717, 1.165) is 89.9 Å². The third-order valence-corrected chi connectivity index (χ3v) is 12.3. The quantitative estimate of drug-likeness (QED) is 0.0213. The van der Waals surface area contributed by atoms with Gasteiger partial charge in [-0.05, 0) is 76.7 Å². The zero-order valence-corrected chi connectivity index (χ0v) is 42.2. The molecule has 0 rings (SSSR count). The summed E-state index contributed by atoms with van der Waals surface area (Å²) in [5.41, 5.74) is 0. The highest BCUT2D eigenvalue weighted by Crippen LogP contribution is 2.38. The lowest BCUT2D eigenvalue weighted by atomic mass is 10.1. The molecule has 0 aliphatic rings. The van der Waals surface area contributed by atoms with Crippen LogP contribution in [-0.2, 0) is 27.9 Å². The fourth-order valence-electron chi connectivity index (χ4n) is 7.20. The summed E-state index contributed by atoms with van der Waals surface area (Å²) in [7, 11) is 1.17. The molecule has 1 N–H and O–H groups in total. The molecule has 0 spiro atoms. The minimum Gasteiger partial charge on any atom is -0.756 e. The van der Waals surface area contributed by atoms with Crippen LogP contribution >= 0.6 is 7.82 Å². The van der Waals surface area contributed by atoms with Gasteiger partial charge in [0.25, 0.3) is 7.82 Å². The maximum Gasteiger partial charge on any atom is 0.306 e. The number of phosphoric ester groups is 1. The van der Waals surface area contributed by atoms with Crippen molar-refractivity contribution in [3.63, 3.8) is 0 Å². The van der Waals surface area contributed by atoms with Crippen molar-refractivity contribution >= 4 is 19.7 Å². The summed E-state index contributed by atoms with van der Waals surface area (Å²) in [6.07, 6.45) is 48.2. The van der Waals surface area contributed by atoms with Crippen LogP contribution in [0.4, 0.5) is 0 Å². The topological polar surface area (TPSA) is 114 Å². The molecule has 0 aromatic heterocycles. The number of hydrogen-bond donors (Lipinski definition) is 1. The largest absolute Gasteiger partial charge is 0.756 e. The third kappa shape index (κ3) is 43.5. The normalized spacial score (nSPS) is 14.2. The third-order valence-electron chi connectivity index (χ3n) is 11.3. The van der Waals surface area contributed by atoms with Gasteiger partial charge in [0.2, 0.25) is 5.91 Å². The molecule has 0 aliphatic carbocycles. The van der Waals surface area contributed by atoms with Crippen molar-refractivity contribution < 1.29 is 37.3 Å². The molecule has 3 atom stereocenters. The Kier molecular flexibility index (Phi) is 41.9. The van der Waals surface area contributed by atoms with E-state index in [1.807, 2.05) is 33.3 Å². The first-order chi connectivity index (χ1) is 29.9. The number of hydrogen-bond acceptors (Lipinski definition) is 7. The second-order valence-corrected chi connectivity index (χ2v) is 20.1. The average Bonchev–Trinajstić information content (AvgIpc) is 3.22. The van der Waals surface area contributed by atoms with Gasteiger partial charge < -0.3 is 28.5 Å². The monoisotopic (exact) mass is 895 g/mol. The maximum atomic E-state index is 13.4. The van der Waals surface area contributed by atoms with E-state index in [1.165, 1.54) is 103 Å². The molecule has 62 heavy (non-hydrogen) atoms. The molecule has 1 amide bonds. The van der Waals surface area contributed by atoms with Crippen LogP contribution in [0.15, 0.2) is 36.5 Å². The summed E-state index contributed by atoms with van der Waals surface area (Å²) >= 11 is 0. The molecule has 10 heteroatoms. The van der Waals surface area contributed by atoms with Gasteiger partial charge in [-0.25, -0.2) is 0 Å². The van der Waals surface area contributed by atoms with Crippen molar-refractivity contribution in [2.45, 2.75) is 245 Å². The molecule has 0 radical (unpaired) electrons. The minimum atomic E-state index is -4.69. The first-order valence-electron chi connectivity index (χ1n) is 25.8. The molecule has 364 valence electrons. The molecule has 9 nitrogen and oxygen atoms in total. The highest BCUT2D eigenvalue weighted by Gasteiger charge is 2.27. The maximum absolute atomic E-state index is 13.4. The Hall–Kier alpha value is -1.77. The van der Waals surface area contributed by atoms with Gasteiger partial charge >= 0.3 is 5.97 Å². The smallest absolute Gasteiger partial charge is 0.306 e. The first-order valence-corrected chi connectivity index (χ1v) is 27.3. The summed E-state index contributed by atoms with van der Waals surface area (Å²) < 4.78 is 30.0. The summed E-state index contributed by atoms with van der Waals surface area (Å²) in [5.74, 6) is -0.571. The van der Waals surface area contributed by atoms with Gasteiger partial charge in [-0.15, -0.1) is 0 Å². The van der Waals surface area contributed by atoms with Gasteiger partial charge in [-0.3, -0.25) is 14.2 Å². The van der Waals surface area contributed by atoms with Crippen LogP contribution < -0.4 is 10.2 Å². The lowest BCUT2D eigenvalue weighted by molar-refractivity contribution is -0.870. The van der Waals surface area contributed by atoms with Gasteiger partial charge in [-0.1, -0.05) is 180 Å². The number of rotatable bonds is 46. The van der Waals surface area contributed by atoms with E-state index in [4.69, 9.17) is 13.8 Å². The molecule has 0 heterocycles. The Labute approximate surface area is 383 Å². The van der Waals surface area contributed by atoms with Crippen LogP contribution in [-0.4, -0.2) is 69.4 Å². The molecule has 0 saturated carbocycles. The number of allylic oxidation sites excluding steroid dienone is 5. The fraction of sp³-hybridized carbons (Fsp3) is 0.846. The Morgan fingerprint density at radius 1 is 0.548 bits per heavy atom. The number of amides is 1. The molecule has 0 aliphatic heterocycles. The van der Waals surface area contributed by atoms with Crippen molar-refractivity contribution in [2.24, 2.45) is 0 Å². The van der Waals surface area contributed by atoms with Crippen LogP contribution in [0, 0.1) is 0 Å². The van der Waals surface area contributed by atoms with Crippen molar-refractivity contribution in [3.05, 3.63) is 36.5 Å². The van der Waals surface area contributed by atoms with E-state index in [2.05, 4.69) is 50.4 Å². The second-order valence-electron chi connectivity index (χ2n) is 18.7. The Bertz CT molecular complexity index is 1170. The molecule has 0 aromatic carbocycles. The van der Waals surface area contributed by atoms with E-state index in [-0.39, 0.29) is 24.9 Å². The van der Waals surface area contributed by atoms with E-state index in [9.17, 15) is 19.0 Å². The highest BCUT2D eigenvalue weighted by atomic mass is 31.2. The summed E-state index contributed by atoms with van der Waals surface area (Å²) in [6.45, 7) is 6.76. The van der Waals surface area contributed by atoms with E-state index in [1.54, 1.807) is 0 Å². The Morgan fingerprint density at radius 3 is 1.44 bits per heavy atom. The summed E-state index contributed by atoms with van der Waals surface area (Å²) in [6, 6.07) is -0.893. The molecule has 3 unspecified atom stereocenters.